The Morgan fingerprint density at radius 3 is 2.61 bits per heavy atom. The fourth-order valence-corrected chi connectivity index (χ4v) is 2.45. The largest absolute Gasteiger partial charge is 0.326 e. The molecule has 0 unspecified atom stereocenters. The topological polar surface area (TPSA) is 29.1 Å². The molecule has 18 heavy (non-hydrogen) atoms. The van der Waals surface area contributed by atoms with Gasteiger partial charge < -0.3 is 5.32 Å². The quantitative estimate of drug-likeness (QED) is 0.867. The van der Waals surface area contributed by atoms with Crippen LogP contribution in [0.25, 0.3) is 0 Å². The Labute approximate surface area is 112 Å². The Bertz CT molecular complexity index is 488. The number of aryl methyl sites for hydroxylation is 2. The third-order valence-electron chi connectivity index (χ3n) is 2.82. The van der Waals surface area contributed by atoms with Gasteiger partial charge in [0.25, 0.3) is 0 Å². The number of carbonyl (C=O) groups excluding carboxylic acids is 1. The van der Waals surface area contributed by atoms with Gasteiger partial charge in [0, 0.05) is 17.0 Å². The molecule has 0 aliphatic rings. The number of hydrogen-bond acceptors (Lipinski definition) is 2. The summed E-state index contributed by atoms with van der Waals surface area (Å²) in [5, 5.41) is 4.96. The van der Waals surface area contributed by atoms with Crippen molar-refractivity contribution in [1.82, 2.24) is 0 Å². The summed E-state index contributed by atoms with van der Waals surface area (Å²) in [6.07, 6.45) is 2.37. The van der Waals surface area contributed by atoms with Gasteiger partial charge in [-0.3, -0.25) is 4.79 Å². The smallest absolute Gasteiger partial charge is 0.224 e. The van der Waals surface area contributed by atoms with Crippen molar-refractivity contribution < 1.29 is 4.79 Å². The molecule has 0 bridgehead atoms. The molecular weight excluding hydrogens is 242 g/mol. The van der Waals surface area contributed by atoms with E-state index in [-0.39, 0.29) is 5.91 Å². The molecule has 0 saturated carbocycles. The number of anilines is 1. The van der Waals surface area contributed by atoms with E-state index in [1.54, 1.807) is 11.3 Å². The van der Waals surface area contributed by atoms with Crippen molar-refractivity contribution in [3.05, 3.63) is 52.2 Å². The Morgan fingerprint density at radius 1 is 1.22 bits per heavy atom. The van der Waals surface area contributed by atoms with Crippen LogP contribution in [-0.2, 0) is 17.6 Å². The maximum atomic E-state index is 11.8. The highest BCUT2D eigenvalue weighted by atomic mass is 32.1. The first-order chi connectivity index (χ1) is 8.78. The standard InChI is InChI=1S/C15H17NOS/c1-2-12-5-7-13(8-6-12)16-15(17)10-9-14-4-3-11-18-14/h3-8,11H,2,9-10H2,1H3,(H,16,17). The highest BCUT2D eigenvalue weighted by Crippen LogP contribution is 2.13. The SMILES string of the molecule is CCc1ccc(NC(=O)CCc2cccs2)cc1. The molecule has 0 aliphatic carbocycles. The number of amides is 1. The Hall–Kier alpha value is -1.61. The van der Waals surface area contributed by atoms with Crippen molar-refractivity contribution in [1.29, 1.82) is 0 Å². The summed E-state index contributed by atoms with van der Waals surface area (Å²) in [5.74, 6) is 0.0765. The molecule has 94 valence electrons. The van der Waals surface area contributed by atoms with Crippen molar-refractivity contribution in [3.63, 3.8) is 0 Å². The van der Waals surface area contributed by atoms with Crippen LogP contribution in [0.3, 0.4) is 0 Å². The Morgan fingerprint density at radius 2 is 2.00 bits per heavy atom. The Kier molecular flexibility index (Phi) is 4.53. The van der Waals surface area contributed by atoms with E-state index in [0.717, 1.165) is 18.5 Å². The van der Waals surface area contributed by atoms with E-state index in [1.807, 2.05) is 23.6 Å². The molecule has 3 heteroatoms. The van der Waals surface area contributed by atoms with Crippen molar-refractivity contribution in [2.24, 2.45) is 0 Å². The zero-order valence-corrected chi connectivity index (χ0v) is 11.3. The van der Waals surface area contributed by atoms with Crippen LogP contribution in [0.5, 0.6) is 0 Å². The first-order valence-corrected chi connectivity index (χ1v) is 7.07. The molecule has 1 aromatic carbocycles. The summed E-state index contributed by atoms with van der Waals surface area (Å²) >= 11 is 1.70. The molecule has 2 rings (SSSR count). The highest BCUT2D eigenvalue weighted by Gasteiger charge is 2.03. The summed E-state index contributed by atoms with van der Waals surface area (Å²) in [6.45, 7) is 2.12. The van der Waals surface area contributed by atoms with E-state index in [9.17, 15) is 4.79 Å². The van der Waals surface area contributed by atoms with Crippen molar-refractivity contribution in [3.8, 4) is 0 Å². The molecule has 0 radical (unpaired) electrons. The second-order valence-electron chi connectivity index (χ2n) is 4.18. The minimum Gasteiger partial charge on any atom is -0.326 e. The van der Waals surface area contributed by atoms with Gasteiger partial charge in [0.1, 0.15) is 0 Å². The summed E-state index contributed by atoms with van der Waals surface area (Å²) in [7, 11) is 0. The highest BCUT2D eigenvalue weighted by molar-refractivity contribution is 7.09. The molecule has 2 nitrogen and oxygen atoms in total. The van der Waals surface area contributed by atoms with Crippen LogP contribution in [0, 0.1) is 0 Å². The summed E-state index contributed by atoms with van der Waals surface area (Å²) in [6, 6.07) is 12.1. The summed E-state index contributed by atoms with van der Waals surface area (Å²) < 4.78 is 0. The molecule has 1 heterocycles. The van der Waals surface area contributed by atoms with Crippen LogP contribution in [0.2, 0.25) is 0 Å². The van der Waals surface area contributed by atoms with Crippen molar-refractivity contribution >= 4 is 22.9 Å². The van der Waals surface area contributed by atoms with E-state index in [4.69, 9.17) is 0 Å². The van der Waals surface area contributed by atoms with Crippen LogP contribution in [0.4, 0.5) is 5.69 Å². The fourth-order valence-electron chi connectivity index (χ4n) is 1.74. The van der Waals surface area contributed by atoms with E-state index in [2.05, 4.69) is 30.4 Å². The summed E-state index contributed by atoms with van der Waals surface area (Å²) in [4.78, 5) is 13.0. The molecule has 0 saturated heterocycles. The predicted molar refractivity (Wildman–Crippen MR) is 77.1 cm³/mol. The van der Waals surface area contributed by atoms with Crippen LogP contribution >= 0.6 is 11.3 Å². The number of nitrogens with one attached hydrogen (secondary N) is 1. The van der Waals surface area contributed by atoms with Gasteiger partial charge in [0.2, 0.25) is 5.91 Å². The van der Waals surface area contributed by atoms with Gasteiger partial charge in [0.15, 0.2) is 0 Å². The van der Waals surface area contributed by atoms with Gasteiger partial charge in [0.05, 0.1) is 0 Å². The van der Waals surface area contributed by atoms with E-state index in [1.165, 1.54) is 10.4 Å². The molecule has 2 aromatic rings. The van der Waals surface area contributed by atoms with Crippen LogP contribution < -0.4 is 5.32 Å². The van der Waals surface area contributed by atoms with Gasteiger partial charge in [-0.15, -0.1) is 11.3 Å². The molecule has 1 N–H and O–H groups in total. The number of hydrogen-bond donors (Lipinski definition) is 1. The van der Waals surface area contributed by atoms with E-state index >= 15 is 0 Å². The molecule has 0 spiro atoms. The molecule has 0 atom stereocenters. The van der Waals surface area contributed by atoms with Gasteiger partial charge in [-0.1, -0.05) is 25.1 Å². The lowest BCUT2D eigenvalue weighted by molar-refractivity contribution is -0.116. The molecular formula is C15H17NOS. The minimum absolute atomic E-state index is 0.0765. The third kappa shape index (κ3) is 3.70. The van der Waals surface area contributed by atoms with E-state index in [0.29, 0.717) is 6.42 Å². The second kappa shape index (κ2) is 6.36. The lowest BCUT2D eigenvalue weighted by atomic mass is 10.1. The van der Waals surface area contributed by atoms with Gasteiger partial charge in [-0.25, -0.2) is 0 Å². The normalized spacial score (nSPS) is 10.3. The maximum absolute atomic E-state index is 11.8. The number of thiophene rings is 1. The minimum atomic E-state index is 0.0765. The summed E-state index contributed by atoms with van der Waals surface area (Å²) in [5.41, 5.74) is 2.16. The van der Waals surface area contributed by atoms with Crippen LogP contribution in [-0.4, -0.2) is 5.91 Å². The van der Waals surface area contributed by atoms with Gasteiger partial charge >= 0.3 is 0 Å². The average Bonchev–Trinajstić information content (AvgIpc) is 2.90. The van der Waals surface area contributed by atoms with E-state index < -0.39 is 0 Å². The van der Waals surface area contributed by atoms with Crippen molar-refractivity contribution in [2.45, 2.75) is 26.2 Å². The lowest BCUT2D eigenvalue weighted by Gasteiger charge is -2.05. The first kappa shape index (κ1) is 12.8. The Balaban J connectivity index is 1.83. The lowest BCUT2D eigenvalue weighted by Crippen LogP contribution is -2.11. The van der Waals surface area contributed by atoms with Gasteiger partial charge in [-0.2, -0.15) is 0 Å². The molecule has 1 amide bonds. The first-order valence-electron chi connectivity index (χ1n) is 6.19. The number of benzene rings is 1. The number of rotatable bonds is 5. The van der Waals surface area contributed by atoms with Gasteiger partial charge in [-0.05, 0) is 42.0 Å². The predicted octanol–water partition coefficient (Wildman–Crippen LogP) is 3.88. The monoisotopic (exact) mass is 259 g/mol. The second-order valence-corrected chi connectivity index (χ2v) is 5.21. The average molecular weight is 259 g/mol. The zero-order chi connectivity index (χ0) is 12.8. The van der Waals surface area contributed by atoms with Crippen LogP contribution in [0.1, 0.15) is 23.8 Å². The third-order valence-corrected chi connectivity index (χ3v) is 3.76. The maximum Gasteiger partial charge on any atom is 0.224 e. The molecule has 0 fully saturated rings. The number of carbonyl (C=O) groups is 1. The molecule has 0 aliphatic heterocycles. The molecule has 1 aromatic heterocycles. The van der Waals surface area contributed by atoms with Crippen molar-refractivity contribution in [2.75, 3.05) is 5.32 Å². The van der Waals surface area contributed by atoms with Crippen LogP contribution in [0.15, 0.2) is 41.8 Å². The zero-order valence-electron chi connectivity index (χ0n) is 10.5. The fraction of sp³-hybridized carbons (Fsp3) is 0.267.